The molecular formula is C24H25NO6S. The molecule has 2 aromatic rings. The van der Waals surface area contributed by atoms with E-state index >= 15 is 0 Å². The lowest BCUT2D eigenvalue weighted by Crippen LogP contribution is -2.12. The molecule has 2 aromatic carbocycles. The molecule has 32 heavy (non-hydrogen) atoms. The minimum Gasteiger partial charge on any atom is -0.506 e. The summed E-state index contributed by atoms with van der Waals surface area (Å²) in [5, 5.41) is 11.3. The van der Waals surface area contributed by atoms with Crippen molar-refractivity contribution in [2.75, 3.05) is 27.9 Å². The number of esters is 1. The van der Waals surface area contributed by atoms with Gasteiger partial charge in [0.25, 0.3) is 0 Å². The maximum absolute atomic E-state index is 12.6. The van der Waals surface area contributed by atoms with Crippen molar-refractivity contribution in [3.8, 4) is 17.2 Å². The van der Waals surface area contributed by atoms with Gasteiger partial charge >= 0.3 is 5.97 Å². The Kier molecular flexibility index (Phi) is 7.48. The van der Waals surface area contributed by atoms with Crippen molar-refractivity contribution in [1.82, 2.24) is 0 Å². The number of carbonyl (C=O) groups is 1. The highest BCUT2D eigenvalue weighted by molar-refractivity contribution is 8.18. The Labute approximate surface area is 191 Å². The van der Waals surface area contributed by atoms with Gasteiger partial charge in [0, 0.05) is 0 Å². The summed E-state index contributed by atoms with van der Waals surface area (Å²) in [4.78, 5) is 17.6. The summed E-state index contributed by atoms with van der Waals surface area (Å²) in [6.07, 6.45) is 1.72. The zero-order valence-corrected chi connectivity index (χ0v) is 19.4. The van der Waals surface area contributed by atoms with Gasteiger partial charge in [-0.3, -0.25) is 0 Å². The van der Waals surface area contributed by atoms with Crippen LogP contribution in [0.4, 0.5) is 5.69 Å². The number of aliphatic imine (C=N–C) groups is 1. The SMILES string of the molecule is CCOC(=O)C1=C(O)/C(=C/c2cc(OC)c(OC)c(OC)c2)SC1=Nc1cccc(C)c1. The van der Waals surface area contributed by atoms with Crippen LogP contribution in [0.2, 0.25) is 0 Å². The highest BCUT2D eigenvalue weighted by Gasteiger charge is 2.33. The van der Waals surface area contributed by atoms with Crippen molar-refractivity contribution in [2.24, 2.45) is 4.99 Å². The number of aliphatic hydroxyl groups is 1. The van der Waals surface area contributed by atoms with Crippen LogP contribution < -0.4 is 14.2 Å². The predicted molar refractivity (Wildman–Crippen MR) is 126 cm³/mol. The summed E-state index contributed by atoms with van der Waals surface area (Å²) < 4.78 is 21.3. The molecule has 1 aliphatic rings. The fourth-order valence-electron chi connectivity index (χ4n) is 3.14. The number of aryl methyl sites for hydroxylation is 1. The number of thioether (sulfide) groups is 1. The molecule has 1 N–H and O–H groups in total. The molecule has 0 fully saturated rings. The Morgan fingerprint density at radius 3 is 2.34 bits per heavy atom. The van der Waals surface area contributed by atoms with Crippen molar-refractivity contribution in [3.05, 3.63) is 63.8 Å². The van der Waals surface area contributed by atoms with E-state index in [4.69, 9.17) is 18.9 Å². The third-order valence-electron chi connectivity index (χ3n) is 4.59. The van der Waals surface area contributed by atoms with Crippen LogP contribution in [-0.4, -0.2) is 44.1 Å². The molecule has 0 unspecified atom stereocenters. The first-order valence-corrected chi connectivity index (χ1v) is 10.7. The summed E-state index contributed by atoms with van der Waals surface area (Å²) in [7, 11) is 4.59. The van der Waals surface area contributed by atoms with E-state index in [1.165, 1.54) is 33.1 Å². The quantitative estimate of drug-likeness (QED) is 0.573. The van der Waals surface area contributed by atoms with E-state index in [9.17, 15) is 9.90 Å². The molecular weight excluding hydrogens is 430 g/mol. The monoisotopic (exact) mass is 455 g/mol. The first-order chi connectivity index (χ1) is 15.4. The van der Waals surface area contributed by atoms with Gasteiger partial charge in [0.15, 0.2) is 11.5 Å². The fourth-order valence-corrected chi connectivity index (χ4v) is 4.18. The Hall–Kier alpha value is -3.39. The second kappa shape index (κ2) is 10.3. The maximum Gasteiger partial charge on any atom is 0.344 e. The highest BCUT2D eigenvalue weighted by atomic mass is 32.2. The zero-order valence-electron chi connectivity index (χ0n) is 18.6. The maximum atomic E-state index is 12.6. The number of hydrogen-bond acceptors (Lipinski definition) is 8. The van der Waals surface area contributed by atoms with Crippen LogP contribution in [0.1, 0.15) is 18.1 Å². The molecule has 1 heterocycles. The summed E-state index contributed by atoms with van der Waals surface area (Å²) in [5.74, 6) is 0.601. The van der Waals surface area contributed by atoms with Crippen LogP contribution in [0.15, 0.2) is 57.6 Å². The molecule has 0 bridgehead atoms. The lowest BCUT2D eigenvalue weighted by atomic mass is 10.1. The fraction of sp³-hybridized carbons (Fsp3) is 0.250. The van der Waals surface area contributed by atoms with Crippen molar-refractivity contribution in [2.45, 2.75) is 13.8 Å². The average Bonchev–Trinajstić information content (AvgIpc) is 3.07. The van der Waals surface area contributed by atoms with Gasteiger partial charge in [-0.2, -0.15) is 0 Å². The van der Waals surface area contributed by atoms with Crippen LogP contribution in [0.5, 0.6) is 17.2 Å². The van der Waals surface area contributed by atoms with Crippen LogP contribution in [-0.2, 0) is 9.53 Å². The minimum atomic E-state index is -0.628. The molecule has 1 aliphatic heterocycles. The molecule has 0 aliphatic carbocycles. The van der Waals surface area contributed by atoms with Crippen molar-refractivity contribution < 1.29 is 28.8 Å². The summed E-state index contributed by atoms with van der Waals surface area (Å²) in [5.41, 5.74) is 2.44. The van der Waals surface area contributed by atoms with E-state index in [-0.39, 0.29) is 17.9 Å². The number of carbonyl (C=O) groups excluding carboxylic acids is 1. The molecule has 0 saturated heterocycles. The largest absolute Gasteiger partial charge is 0.506 e. The molecule has 0 amide bonds. The Balaban J connectivity index is 2.09. The second-order valence-electron chi connectivity index (χ2n) is 6.77. The van der Waals surface area contributed by atoms with Gasteiger partial charge in [0.1, 0.15) is 16.4 Å². The van der Waals surface area contributed by atoms with E-state index in [0.717, 1.165) is 5.56 Å². The molecule has 0 aromatic heterocycles. The highest BCUT2D eigenvalue weighted by Crippen LogP contribution is 2.43. The van der Waals surface area contributed by atoms with E-state index in [1.807, 2.05) is 31.2 Å². The van der Waals surface area contributed by atoms with Gasteiger partial charge in [0.05, 0.1) is 38.5 Å². The predicted octanol–water partition coefficient (Wildman–Crippen LogP) is 5.21. The zero-order chi connectivity index (χ0) is 23.3. The number of aliphatic hydroxyl groups excluding tert-OH is 1. The number of nitrogens with zero attached hydrogens (tertiary/aromatic N) is 1. The van der Waals surface area contributed by atoms with Crippen LogP contribution in [0.3, 0.4) is 0 Å². The Bertz CT molecular complexity index is 1090. The van der Waals surface area contributed by atoms with E-state index < -0.39 is 5.97 Å². The van der Waals surface area contributed by atoms with Gasteiger partial charge < -0.3 is 24.1 Å². The topological polar surface area (TPSA) is 86.6 Å². The molecule has 8 heteroatoms. The molecule has 168 valence electrons. The van der Waals surface area contributed by atoms with Crippen LogP contribution in [0, 0.1) is 6.92 Å². The molecule has 0 atom stereocenters. The first-order valence-electron chi connectivity index (χ1n) is 9.87. The molecule has 3 rings (SSSR count). The van der Waals surface area contributed by atoms with Gasteiger partial charge in [-0.15, -0.1) is 0 Å². The third-order valence-corrected chi connectivity index (χ3v) is 5.61. The second-order valence-corrected chi connectivity index (χ2v) is 7.80. The van der Waals surface area contributed by atoms with Gasteiger partial charge in [-0.25, -0.2) is 9.79 Å². The number of ether oxygens (including phenoxy) is 4. The molecule has 7 nitrogen and oxygen atoms in total. The molecule has 0 spiro atoms. The smallest absolute Gasteiger partial charge is 0.344 e. The number of methoxy groups -OCH3 is 3. The number of benzene rings is 2. The van der Waals surface area contributed by atoms with E-state index in [0.29, 0.717) is 38.4 Å². The number of hydrogen-bond donors (Lipinski definition) is 1. The van der Waals surface area contributed by atoms with Crippen molar-refractivity contribution in [1.29, 1.82) is 0 Å². The normalized spacial score (nSPS) is 15.9. The van der Waals surface area contributed by atoms with Crippen molar-refractivity contribution in [3.63, 3.8) is 0 Å². The third kappa shape index (κ3) is 4.91. The lowest BCUT2D eigenvalue weighted by Gasteiger charge is -2.13. The summed E-state index contributed by atoms with van der Waals surface area (Å²) in [6, 6.07) is 11.1. The standard InChI is InChI=1S/C24H25NO6S/c1-6-31-24(27)20-21(26)19(32-23(20)25-16-9-7-8-14(2)10-16)13-15-11-17(28-3)22(30-5)18(12-15)29-4/h7-13,26H,6H2,1-5H3/b19-13-,25-23?. The van der Waals surface area contributed by atoms with E-state index in [1.54, 1.807) is 25.1 Å². The van der Waals surface area contributed by atoms with E-state index in [2.05, 4.69) is 4.99 Å². The molecule has 0 saturated carbocycles. The average molecular weight is 456 g/mol. The lowest BCUT2D eigenvalue weighted by molar-refractivity contribution is -0.138. The minimum absolute atomic E-state index is 0.0389. The van der Waals surface area contributed by atoms with Crippen LogP contribution >= 0.6 is 11.8 Å². The summed E-state index contributed by atoms with van der Waals surface area (Å²) in [6.45, 7) is 3.85. The molecule has 0 radical (unpaired) electrons. The summed E-state index contributed by atoms with van der Waals surface area (Å²) >= 11 is 1.19. The number of rotatable bonds is 7. The van der Waals surface area contributed by atoms with Gasteiger partial charge in [-0.1, -0.05) is 23.9 Å². The first kappa shape index (κ1) is 23.3. The van der Waals surface area contributed by atoms with Gasteiger partial charge in [-0.05, 0) is 55.3 Å². The Morgan fingerprint density at radius 2 is 1.78 bits per heavy atom. The van der Waals surface area contributed by atoms with Gasteiger partial charge in [0.2, 0.25) is 5.75 Å². The Morgan fingerprint density at radius 1 is 1.09 bits per heavy atom. The van der Waals surface area contributed by atoms with Crippen molar-refractivity contribution >= 4 is 34.5 Å². The van der Waals surface area contributed by atoms with Crippen LogP contribution in [0.25, 0.3) is 6.08 Å².